The Kier molecular flexibility index (Phi) is 11.4. The molecular formula is C18H25Cl2N3O2. The minimum atomic E-state index is -0.0768. The first kappa shape index (κ1) is 23.1. The first-order chi connectivity index (χ1) is 11.2. The van der Waals surface area contributed by atoms with Gasteiger partial charge in [0.15, 0.2) is 0 Å². The molecule has 1 amide bonds. The Balaban J connectivity index is 0.00000288. The van der Waals surface area contributed by atoms with Crippen LogP contribution in [0.15, 0.2) is 48.5 Å². The maximum Gasteiger partial charge on any atom is 0.253 e. The van der Waals surface area contributed by atoms with E-state index in [0.29, 0.717) is 12.1 Å². The molecule has 3 N–H and O–H groups in total. The second-order valence-electron chi connectivity index (χ2n) is 5.12. The summed E-state index contributed by atoms with van der Waals surface area (Å²) in [4.78, 5) is 12.3. The molecule has 0 saturated carbocycles. The summed E-state index contributed by atoms with van der Waals surface area (Å²) < 4.78 is 5.22. The number of halogens is 2. The number of hydrogen-bond acceptors (Lipinski definition) is 4. The fourth-order valence-electron chi connectivity index (χ4n) is 2.21. The van der Waals surface area contributed by atoms with Gasteiger partial charge in [-0.1, -0.05) is 18.2 Å². The van der Waals surface area contributed by atoms with E-state index < -0.39 is 0 Å². The van der Waals surface area contributed by atoms with Crippen LogP contribution in [0.1, 0.15) is 16.8 Å². The van der Waals surface area contributed by atoms with E-state index in [2.05, 4.69) is 16.0 Å². The molecule has 5 nitrogen and oxygen atoms in total. The molecule has 0 unspecified atom stereocenters. The number of ether oxygens (including phenoxy) is 1. The van der Waals surface area contributed by atoms with Crippen LogP contribution in [-0.4, -0.2) is 33.2 Å². The number of methoxy groups -OCH3 is 1. The normalized spacial score (nSPS) is 9.36. The highest BCUT2D eigenvalue weighted by atomic mass is 35.5. The molecular weight excluding hydrogens is 361 g/mol. The Labute approximate surface area is 161 Å². The summed E-state index contributed by atoms with van der Waals surface area (Å²) in [6.45, 7) is 1.52. The second-order valence-corrected chi connectivity index (χ2v) is 5.12. The summed E-state index contributed by atoms with van der Waals surface area (Å²) in [5, 5.41) is 9.28. The average molecular weight is 386 g/mol. The first-order valence-electron chi connectivity index (χ1n) is 7.67. The van der Waals surface area contributed by atoms with Crippen molar-refractivity contribution in [2.45, 2.75) is 6.42 Å². The summed E-state index contributed by atoms with van der Waals surface area (Å²) in [7, 11) is 3.53. The predicted octanol–water partition coefficient (Wildman–Crippen LogP) is 3.62. The molecule has 2 aromatic rings. The molecule has 0 saturated heterocycles. The number of nitrogens with one attached hydrogen (secondary N) is 3. The van der Waals surface area contributed by atoms with Crippen LogP contribution in [0.3, 0.4) is 0 Å². The molecule has 0 heterocycles. The lowest BCUT2D eigenvalue weighted by atomic mass is 10.1. The number of hydrogen-bond donors (Lipinski definition) is 3. The van der Waals surface area contributed by atoms with Crippen LogP contribution >= 0.6 is 24.8 Å². The summed E-state index contributed by atoms with van der Waals surface area (Å²) in [6, 6.07) is 15.1. The van der Waals surface area contributed by atoms with Crippen LogP contribution in [0.2, 0.25) is 0 Å². The quantitative estimate of drug-likeness (QED) is 0.607. The fraction of sp³-hybridized carbons (Fsp3) is 0.278. The van der Waals surface area contributed by atoms with Gasteiger partial charge in [-0.25, -0.2) is 0 Å². The van der Waals surface area contributed by atoms with Gasteiger partial charge in [0.05, 0.1) is 18.4 Å². The zero-order valence-corrected chi connectivity index (χ0v) is 16.0. The van der Waals surface area contributed by atoms with Crippen LogP contribution < -0.4 is 20.7 Å². The molecule has 0 bridgehead atoms. The van der Waals surface area contributed by atoms with Crippen molar-refractivity contribution in [2.24, 2.45) is 0 Å². The summed E-state index contributed by atoms with van der Waals surface area (Å²) in [5.41, 5.74) is 2.27. The van der Waals surface area contributed by atoms with Crippen LogP contribution in [0.25, 0.3) is 0 Å². The van der Waals surface area contributed by atoms with Crippen LogP contribution in [-0.2, 0) is 0 Å². The Hall–Kier alpha value is -1.95. The van der Waals surface area contributed by atoms with Gasteiger partial charge in [0.25, 0.3) is 5.91 Å². The maximum atomic E-state index is 12.3. The fourth-order valence-corrected chi connectivity index (χ4v) is 2.21. The van der Waals surface area contributed by atoms with Crippen LogP contribution in [0.4, 0.5) is 11.4 Å². The van der Waals surface area contributed by atoms with Crippen molar-refractivity contribution in [3.05, 3.63) is 54.1 Å². The van der Waals surface area contributed by atoms with Gasteiger partial charge >= 0.3 is 0 Å². The van der Waals surface area contributed by atoms with Crippen molar-refractivity contribution >= 4 is 42.1 Å². The average Bonchev–Trinajstić information content (AvgIpc) is 2.59. The van der Waals surface area contributed by atoms with Crippen molar-refractivity contribution < 1.29 is 9.53 Å². The molecule has 2 aromatic carbocycles. The van der Waals surface area contributed by atoms with Crippen LogP contribution in [0, 0.1) is 0 Å². The number of carbonyl (C=O) groups excluding carboxylic acids is 1. The molecule has 0 atom stereocenters. The van der Waals surface area contributed by atoms with Crippen molar-refractivity contribution in [1.82, 2.24) is 10.6 Å². The largest absolute Gasteiger partial charge is 0.497 e. The highest BCUT2D eigenvalue weighted by Gasteiger charge is 2.10. The smallest absolute Gasteiger partial charge is 0.253 e. The highest BCUT2D eigenvalue weighted by molar-refractivity contribution is 6.00. The monoisotopic (exact) mass is 385 g/mol. The van der Waals surface area contributed by atoms with E-state index in [1.165, 1.54) is 0 Å². The number of para-hydroxylation sites is 1. The van der Waals surface area contributed by atoms with Gasteiger partial charge < -0.3 is 20.7 Å². The third kappa shape index (κ3) is 7.22. The first-order valence-corrected chi connectivity index (χ1v) is 7.67. The van der Waals surface area contributed by atoms with E-state index in [9.17, 15) is 4.79 Å². The lowest BCUT2D eigenvalue weighted by molar-refractivity contribution is 0.0954. The third-order valence-corrected chi connectivity index (χ3v) is 3.41. The molecule has 138 valence electrons. The number of carbonyl (C=O) groups is 1. The van der Waals surface area contributed by atoms with Gasteiger partial charge in [0.2, 0.25) is 0 Å². The van der Waals surface area contributed by atoms with E-state index in [0.717, 1.165) is 30.1 Å². The minimum Gasteiger partial charge on any atom is -0.497 e. The molecule has 0 radical (unpaired) electrons. The lowest BCUT2D eigenvalue weighted by Gasteiger charge is -2.13. The Morgan fingerprint density at radius 2 is 1.80 bits per heavy atom. The van der Waals surface area contributed by atoms with Crippen molar-refractivity contribution in [3.8, 4) is 5.75 Å². The van der Waals surface area contributed by atoms with E-state index in [-0.39, 0.29) is 30.7 Å². The van der Waals surface area contributed by atoms with Crippen molar-refractivity contribution in [3.63, 3.8) is 0 Å². The van der Waals surface area contributed by atoms with Gasteiger partial charge in [0, 0.05) is 18.3 Å². The molecule has 25 heavy (non-hydrogen) atoms. The lowest BCUT2D eigenvalue weighted by Crippen LogP contribution is -2.27. The number of anilines is 2. The molecule has 7 heteroatoms. The van der Waals surface area contributed by atoms with E-state index >= 15 is 0 Å². The highest BCUT2D eigenvalue weighted by Crippen LogP contribution is 2.23. The Bertz CT molecular complexity index is 654. The number of amides is 1. The van der Waals surface area contributed by atoms with Crippen LogP contribution in [0.5, 0.6) is 5.75 Å². The van der Waals surface area contributed by atoms with E-state index in [1.807, 2.05) is 55.6 Å². The summed E-state index contributed by atoms with van der Waals surface area (Å²) in [6.07, 6.45) is 0.897. The molecule has 0 aromatic heterocycles. The number of benzene rings is 2. The van der Waals surface area contributed by atoms with Crippen molar-refractivity contribution in [2.75, 3.05) is 32.6 Å². The van der Waals surface area contributed by atoms with E-state index in [1.54, 1.807) is 7.11 Å². The van der Waals surface area contributed by atoms with Gasteiger partial charge in [-0.15, -0.1) is 24.8 Å². The Morgan fingerprint density at radius 1 is 1.04 bits per heavy atom. The van der Waals surface area contributed by atoms with Gasteiger partial charge in [-0.05, 0) is 44.3 Å². The van der Waals surface area contributed by atoms with Gasteiger partial charge in [0.1, 0.15) is 5.75 Å². The zero-order valence-electron chi connectivity index (χ0n) is 14.4. The molecule has 0 aliphatic rings. The minimum absolute atomic E-state index is 0. The molecule has 0 aliphatic carbocycles. The molecule has 2 rings (SSSR count). The topological polar surface area (TPSA) is 62.4 Å². The van der Waals surface area contributed by atoms with E-state index in [4.69, 9.17) is 4.74 Å². The number of rotatable bonds is 8. The third-order valence-electron chi connectivity index (χ3n) is 3.41. The second kappa shape index (κ2) is 12.4. The maximum absolute atomic E-state index is 12.3. The summed E-state index contributed by atoms with van der Waals surface area (Å²) in [5.74, 6) is 0.691. The molecule has 0 spiro atoms. The summed E-state index contributed by atoms with van der Waals surface area (Å²) >= 11 is 0. The molecule has 0 aliphatic heterocycles. The Morgan fingerprint density at radius 3 is 2.52 bits per heavy atom. The standard InChI is InChI=1S/C18H23N3O2.2ClH/c1-19-11-6-12-20-18(22)16-9-3-4-10-17(16)21-14-7-5-8-15(13-14)23-2;;/h3-5,7-10,13,19,21H,6,11-12H2,1-2H3,(H,20,22);2*1H. The predicted molar refractivity (Wildman–Crippen MR) is 108 cm³/mol. The SMILES string of the molecule is CNCCCNC(=O)c1ccccc1Nc1cccc(OC)c1.Cl.Cl. The van der Waals surface area contributed by atoms with Crippen molar-refractivity contribution in [1.29, 1.82) is 0 Å². The van der Waals surface area contributed by atoms with Gasteiger partial charge in [-0.3, -0.25) is 4.79 Å². The zero-order chi connectivity index (χ0) is 16.5. The molecule has 0 fully saturated rings. The van der Waals surface area contributed by atoms with Gasteiger partial charge in [-0.2, -0.15) is 0 Å².